The minimum absolute atomic E-state index is 0.0160. The van der Waals surface area contributed by atoms with E-state index in [9.17, 15) is 4.79 Å². The van der Waals surface area contributed by atoms with E-state index in [1.165, 1.54) is 6.20 Å². The minimum atomic E-state index is -0.0160. The number of para-hydroxylation sites is 2. The van der Waals surface area contributed by atoms with Crippen LogP contribution in [0.15, 0.2) is 42.6 Å². The Morgan fingerprint density at radius 2 is 1.78 bits per heavy atom. The Bertz CT molecular complexity index is 1310. The van der Waals surface area contributed by atoms with Gasteiger partial charge in [0.15, 0.2) is 5.82 Å². The summed E-state index contributed by atoms with van der Waals surface area (Å²) in [5.41, 5.74) is 4.23. The number of aromatic nitrogens is 2. The molecule has 5 rings (SSSR count). The summed E-state index contributed by atoms with van der Waals surface area (Å²) in [6, 6.07) is 12.1. The summed E-state index contributed by atoms with van der Waals surface area (Å²) < 4.78 is 5.41. The van der Waals surface area contributed by atoms with E-state index in [2.05, 4.69) is 50.3 Å². The van der Waals surface area contributed by atoms with Crippen molar-refractivity contribution >= 4 is 46.3 Å². The van der Waals surface area contributed by atoms with Crippen molar-refractivity contribution in [1.82, 2.24) is 19.8 Å². The summed E-state index contributed by atoms with van der Waals surface area (Å²) in [7, 11) is 3.44. The highest BCUT2D eigenvalue weighted by atomic mass is 35.5. The van der Waals surface area contributed by atoms with Crippen LogP contribution in [0.4, 0.5) is 28.8 Å². The van der Waals surface area contributed by atoms with Crippen LogP contribution < -0.4 is 20.3 Å². The first kappa shape index (κ1) is 25.1. The average Bonchev–Trinajstić information content (AvgIpc) is 3.21. The van der Waals surface area contributed by atoms with Gasteiger partial charge in [-0.15, -0.1) is 0 Å². The van der Waals surface area contributed by atoms with Crippen molar-refractivity contribution < 1.29 is 9.53 Å². The number of hydrogen-bond donors (Lipinski definition) is 2. The summed E-state index contributed by atoms with van der Waals surface area (Å²) in [5.74, 6) is 1.43. The van der Waals surface area contributed by atoms with Crippen molar-refractivity contribution in [3.8, 4) is 5.75 Å². The number of amides is 1. The van der Waals surface area contributed by atoms with Crippen LogP contribution in [-0.2, 0) is 6.54 Å². The summed E-state index contributed by atoms with van der Waals surface area (Å²) in [6.45, 7) is 8.93. The molecular weight excluding hydrogens is 490 g/mol. The van der Waals surface area contributed by atoms with E-state index in [0.717, 1.165) is 43.1 Å². The van der Waals surface area contributed by atoms with Gasteiger partial charge in [0, 0.05) is 57.1 Å². The maximum Gasteiger partial charge on any atom is 0.256 e. The van der Waals surface area contributed by atoms with Gasteiger partial charge in [-0.25, -0.2) is 4.98 Å². The molecule has 2 aromatic carbocycles. The van der Waals surface area contributed by atoms with Gasteiger partial charge >= 0.3 is 0 Å². The maximum atomic E-state index is 13.2. The standard InChI is InChI=1S/C27H32ClN7O2/c1-17(2)34-11-13-35(14-12-34)22-10-9-21(24-18(22)16-33(3)26(24)36)30-25-19(28)15-29-27(32-25)31-20-7-5-6-8-23(20)37-4/h5-10,15,17H,11-14,16H2,1-4H3,(H2,29,30,31,32). The molecule has 9 nitrogen and oxygen atoms in total. The molecule has 3 heterocycles. The van der Waals surface area contributed by atoms with E-state index in [4.69, 9.17) is 16.3 Å². The smallest absolute Gasteiger partial charge is 0.256 e. The van der Waals surface area contributed by atoms with Crippen molar-refractivity contribution in [1.29, 1.82) is 0 Å². The van der Waals surface area contributed by atoms with Crippen LogP contribution in [0.25, 0.3) is 0 Å². The van der Waals surface area contributed by atoms with Crippen LogP contribution in [0, 0.1) is 0 Å². The van der Waals surface area contributed by atoms with E-state index in [-0.39, 0.29) is 5.91 Å². The highest BCUT2D eigenvalue weighted by Gasteiger charge is 2.32. The molecule has 0 radical (unpaired) electrons. The molecule has 0 unspecified atom stereocenters. The Kier molecular flexibility index (Phi) is 7.08. The number of rotatable bonds is 7. The summed E-state index contributed by atoms with van der Waals surface area (Å²) in [5, 5.41) is 6.83. The maximum absolute atomic E-state index is 13.2. The molecule has 2 aliphatic heterocycles. The third kappa shape index (κ3) is 5.01. The first-order chi connectivity index (χ1) is 17.9. The van der Waals surface area contributed by atoms with Crippen molar-refractivity contribution in [2.75, 3.05) is 55.9 Å². The molecule has 2 N–H and O–H groups in total. The highest BCUT2D eigenvalue weighted by Crippen LogP contribution is 2.38. The highest BCUT2D eigenvalue weighted by molar-refractivity contribution is 6.33. The lowest BCUT2D eigenvalue weighted by molar-refractivity contribution is 0.0817. The first-order valence-corrected chi connectivity index (χ1v) is 12.8. The SMILES string of the molecule is COc1ccccc1Nc1ncc(Cl)c(Nc2ccc(N3CCN(C(C)C)CC3)c3c2C(=O)N(C)C3)n1. The fourth-order valence-corrected chi connectivity index (χ4v) is 5.07. The van der Waals surface area contributed by atoms with Gasteiger partial charge in [-0.05, 0) is 38.1 Å². The summed E-state index contributed by atoms with van der Waals surface area (Å²) in [4.78, 5) is 28.7. The van der Waals surface area contributed by atoms with E-state index in [1.54, 1.807) is 12.0 Å². The number of nitrogens with zero attached hydrogens (tertiary/aromatic N) is 5. The largest absolute Gasteiger partial charge is 0.495 e. The average molecular weight is 522 g/mol. The van der Waals surface area contributed by atoms with Gasteiger partial charge in [0.25, 0.3) is 5.91 Å². The van der Waals surface area contributed by atoms with E-state index < -0.39 is 0 Å². The molecule has 2 aliphatic rings. The van der Waals surface area contributed by atoms with Crippen LogP contribution in [0.3, 0.4) is 0 Å². The third-order valence-electron chi connectivity index (χ3n) is 6.98. The molecule has 1 saturated heterocycles. The topological polar surface area (TPSA) is 85.9 Å². The molecule has 1 aromatic heterocycles. The lowest BCUT2D eigenvalue weighted by atomic mass is 10.0. The predicted molar refractivity (Wildman–Crippen MR) is 148 cm³/mol. The van der Waals surface area contributed by atoms with Crippen LogP contribution in [-0.4, -0.2) is 72.1 Å². The molecule has 194 valence electrons. The van der Waals surface area contributed by atoms with Crippen molar-refractivity contribution in [3.63, 3.8) is 0 Å². The summed E-state index contributed by atoms with van der Waals surface area (Å²) in [6.07, 6.45) is 1.53. The Balaban J connectivity index is 1.43. The number of piperazine rings is 1. The van der Waals surface area contributed by atoms with Crippen LogP contribution in [0.5, 0.6) is 5.75 Å². The van der Waals surface area contributed by atoms with Crippen LogP contribution >= 0.6 is 11.6 Å². The Hall–Kier alpha value is -3.56. The molecular formula is C27H32ClN7O2. The number of nitrogens with one attached hydrogen (secondary N) is 2. The lowest BCUT2D eigenvalue weighted by Crippen LogP contribution is -2.49. The van der Waals surface area contributed by atoms with E-state index in [1.807, 2.05) is 37.4 Å². The van der Waals surface area contributed by atoms with Gasteiger partial charge in [0.2, 0.25) is 5.95 Å². The number of carbonyl (C=O) groups is 1. The molecule has 0 atom stereocenters. The molecule has 0 spiro atoms. The Labute approximate surface area is 222 Å². The molecule has 1 amide bonds. The first-order valence-electron chi connectivity index (χ1n) is 12.5. The molecule has 0 saturated carbocycles. The fraction of sp³-hybridized carbons (Fsp3) is 0.370. The number of benzene rings is 2. The molecule has 1 fully saturated rings. The number of carbonyl (C=O) groups excluding carboxylic acids is 1. The van der Waals surface area contributed by atoms with E-state index >= 15 is 0 Å². The van der Waals surface area contributed by atoms with Gasteiger partial charge in [-0.3, -0.25) is 9.69 Å². The number of hydrogen-bond acceptors (Lipinski definition) is 8. The van der Waals surface area contributed by atoms with Gasteiger partial charge in [0.05, 0.1) is 30.2 Å². The van der Waals surface area contributed by atoms with Gasteiger partial charge in [-0.2, -0.15) is 4.98 Å². The monoisotopic (exact) mass is 521 g/mol. The normalized spacial score (nSPS) is 15.8. The van der Waals surface area contributed by atoms with Crippen molar-refractivity contribution in [2.24, 2.45) is 0 Å². The second kappa shape index (κ2) is 10.4. The van der Waals surface area contributed by atoms with Crippen molar-refractivity contribution in [3.05, 3.63) is 58.7 Å². The Morgan fingerprint density at radius 1 is 1.03 bits per heavy atom. The number of ether oxygens (including phenoxy) is 1. The lowest BCUT2D eigenvalue weighted by Gasteiger charge is -2.38. The predicted octanol–water partition coefficient (Wildman–Crippen LogP) is 4.74. The zero-order chi connectivity index (χ0) is 26.1. The number of anilines is 5. The van der Waals surface area contributed by atoms with Crippen LogP contribution in [0.2, 0.25) is 5.02 Å². The molecule has 0 bridgehead atoms. The quantitative estimate of drug-likeness (QED) is 0.461. The van der Waals surface area contributed by atoms with Crippen molar-refractivity contribution in [2.45, 2.75) is 26.4 Å². The number of fused-ring (bicyclic) bond motifs is 1. The second-order valence-electron chi connectivity index (χ2n) is 9.60. The van der Waals surface area contributed by atoms with Gasteiger partial charge in [0.1, 0.15) is 10.8 Å². The third-order valence-corrected chi connectivity index (χ3v) is 7.26. The van der Waals surface area contributed by atoms with Gasteiger partial charge in [-0.1, -0.05) is 23.7 Å². The van der Waals surface area contributed by atoms with Crippen LogP contribution in [0.1, 0.15) is 29.8 Å². The Morgan fingerprint density at radius 3 is 2.51 bits per heavy atom. The molecule has 0 aliphatic carbocycles. The number of methoxy groups -OCH3 is 1. The van der Waals surface area contributed by atoms with E-state index in [0.29, 0.717) is 46.4 Å². The number of halogens is 1. The van der Waals surface area contributed by atoms with Gasteiger partial charge < -0.3 is 25.2 Å². The minimum Gasteiger partial charge on any atom is -0.495 e. The zero-order valence-corrected chi connectivity index (χ0v) is 22.3. The fourth-order valence-electron chi connectivity index (χ4n) is 4.93. The summed E-state index contributed by atoms with van der Waals surface area (Å²) >= 11 is 6.47. The zero-order valence-electron chi connectivity index (χ0n) is 21.6. The molecule has 37 heavy (non-hydrogen) atoms. The second-order valence-corrected chi connectivity index (χ2v) is 10.0. The molecule has 10 heteroatoms. The molecule has 3 aromatic rings.